The molecule has 0 unspecified atom stereocenters. The first-order valence-corrected chi connectivity index (χ1v) is 12.5. The van der Waals surface area contributed by atoms with E-state index in [9.17, 15) is 0 Å². The molecule has 152 valence electrons. The van der Waals surface area contributed by atoms with Crippen LogP contribution in [0.2, 0.25) is 0 Å². The molecule has 0 amide bonds. The molecule has 1 saturated carbocycles. The Morgan fingerprint density at radius 3 is 1.50 bits per heavy atom. The number of benzene rings is 2. The zero-order valence-corrected chi connectivity index (χ0v) is 22.7. The molecule has 3 nitrogen and oxygen atoms in total. The van der Waals surface area contributed by atoms with Crippen molar-refractivity contribution in [3.05, 3.63) is 64.5 Å². The zero-order valence-electron chi connectivity index (χ0n) is 16.1. The van der Waals surface area contributed by atoms with Gasteiger partial charge in [0.1, 0.15) is 0 Å². The van der Waals surface area contributed by atoms with Crippen molar-refractivity contribution in [2.75, 3.05) is 0 Å². The second kappa shape index (κ2) is 10.7. The van der Waals surface area contributed by atoms with Crippen molar-refractivity contribution in [3.63, 3.8) is 0 Å². The Bertz CT molecular complexity index is 877. The number of nitrogens with zero attached hydrogens (tertiary/aromatic N) is 3. The molecular weight excluding hydrogens is 755 g/mol. The first-order chi connectivity index (χ1) is 13.5. The summed E-state index contributed by atoms with van der Waals surface area (Å²) < 4.78 is 7.99. The average Bonchev–Trinajstić information content (AvgIpc) is 3.34. The Kier molecular flexibility index (Phi) is 8.57. The van der Waals surface area contributed by atoms with Crippen LogP contribution in [0.25, 0.3) is 22.5 Å². The maximum absolute atomic E-state index is 2.38. The van der Waals surface area contributed by atoms with Crippen molar-refractivity contribution >= 4 is 45.7 Å². The average molecular weight is 780 g/mol. The molecule has 2 aromatic carbocycles. The van der Waals surface area contributed by atoms with Gasteiger partial charge in [0, 0.05) is 51.8 Å². The van der Waals surface area contributed by atoms with E-state index in [1.54, 1.807) is 0 Å². The van der Waals surface area contributed by atoms with Crippen LogP contribution in [-0.2, 0) is 33.4 Å². The van der Waals surface area contributed by atoms with Crippen molar-refractivity contribution < 1.29 is 19.4 Å². The molecule has 1 aliphatic rings. The molecule has 6 heteroatoms. The molecule has 0 aliphatic heterocycles. The second-order valence-corrected chi connectivity index (χ2v) is 11.9. The maximum Gasteiger partial charge on any atom is 0.0311 e. The SMILES string of the molecule is Cn1c(-c2ccccc2)c(-c2ccccc2)n(C)[c]1=[Pt].IN(I)C1CCCC1. The van der Waals surface area contributed by atoms with Gasteiger partial charge in [-0.25, -0.2) is 0 Å². The first-order valence-electron chi connectivity index (χ1n) is 9.43. The summed E-state index contributed by atoms with van der Waals surface area (Å²) in [6.07, 6.45) is 5.69. The third kappa shape index (κ3) is 5.27. The van der Waals surface area contributed by atoms with E-state index < -0.39 is 0 Å². The summed E-state index contributed by atoms with van der Waals surface area (Å²) in [4.78, 5) is 0. The van der Waals surface area contributed by atoms with Gasteiger partial charge in [-0.15, -0.1) is 0 Å². The first kappa shape index (κ1) is 22.4. The normalized spacial score (nSPS) is 14.2. The van der Waals surface area contributed by atoms with E-state index in [4.69, 9.17) is 0 Å². The van der Waals surface area contributed by atoms with Gasteiger partial charge < -0.3 is 0 Å². The minimum absolute atomic E-state index is 0.871. The van der Waals surface area contributed by atoms with E-state index in [0.717, 1.165) is 6.04 Å². The molecule has 1 heterocycles. The molecular formula is C22H25I2N3Pt. The largest absolute Gasteiger partial charge is 0.185 e. The molecule has 1 fully saturated rings. The number of rotatable bonds is 3. The Balaban J connectivity index is 0.000000236. The molecule has 0 saturated heterocycles. The van der Waals surface area contributed by atoms with Crippen LogP contribution in [0.15, 0.2) is 60.7 Å². The molecule has 1 aromatic heterocycles. The van der Waals surface area contributed by atoms with Crippen LogP contribution in [0.1, 0.15) is 25.7 Å². The van der Waals surface area contributed by atoms with Crippen molar-refractivity contribution in [2.45, 2.75) is 31.7 Å². The van der Waals surface area contributed by atoms with Crippen molar-refractivity contribution in [1.29, 1.82) is 0 Å². The van der Waals surface area contributed by atoms with E-state index in [-0.39, 0.29) is 0 Å². The van der Waals surface area contributed by atoms with Crippen LogP contribution in [0.5, 0.6) is 0 Å². The number of imidazole rings is 1. The van der Waals surface area contributed by atoms with E-state index in [0.29, 0.717) is 0 Å². The molecule has 0 N–H and O–H groups in total. The van der Waals surface area contributed by atoms with Crippen LogP contribution in [0.3, 0.4) is 0 Å². The predicted molar refractivity (Wildman–Crippen MR) is 131 cm³/mol. The summed E-state index contributed by atoms with van der Waals surface area (Å²) in [5.41, 5.74) is 4.99. The third-order valence-corrected chi connectivity index (χ3v) is 8.20. The Labute approximate surface area is 206 Å². The van der Waals surface area contributed by atoms with Gasteiger partial charge in [-0.2, -0.15) is 1.33 Å². The summed E-state index contributed by atoms with van der Waals surface area (Å²) in [5.74, 6) is 0. The second-order valence-electron chi connectivity index (χ2n) is 6.99. The van der Waals surface area contributed by atoms with Crippen LogP contribution in [0, 0.1) is 3.80 Å². The molecule has 28 heavy (non-hydrogen) atoms. The molecule has 4 rings (SSSR count). The smallest absolute Gasteiger partial charge is 0.0311 e. The van der Waals surface area contributed by atoms with E-state index in [2.05, 4.69) is 150 Å². The molecule has 0 atom stereocenters. The summed E-state index contributed by atoms with van der Waals surface area (Å²) in [7, 11) is 4.24. The minimum Gasteiger partial charge on any atom is -0.185 e. The van der Waals surface area contributed by atoms with Gasteiger partial charge in [0.05, 0.1) is 0 Å². The molecule has 0 bridgehead atoms. The van der Waals surface area contributed by atoms with Crippen LogP contribution in [-0.4, -0.2) is 16.5 Å². The molecule has 3 aromatic rings. The monoisotopic (exact) mass is 780 g/mol. The van der Waals surface area contributed by atoms with Gasteiger partial charge in [0.15, 0.2) is 0 Å². The van der Waals surface area contributed by atoms with Crippen LogP contribution >= 0.6 is 45.7 Å². The maximum atomic E-state index is 2.38. The van der Waals surface area contributed by atoms with Gasteiger partial charge in [0.25, 0.3) is 0 Å². The summed E-state index contributed by atoms with van der Waals surface area (Å²) >= 11 is 7.11. The van der Waals surface area contributed by atoms with Crippen LogP contribution in [0.4, 0.5) is 0 Å². The zero-order chi connectivity index (χ0) is 20.1. The molecule has 0 spiro atoms. The van der Waals surface area contributed by atoms with E-state index >= 15 is 0 Å². The number of hydrogen-bond acceptors (Lipinski definition) is 1. The van der Waals surface area contributed by atoms with Crippen molar-refractivity contribution in [3.8, 4) is 22.5 Å². The quantitative estimate of drug-likeness (QED) is 0.213. The summed E-state index contributed by atoms with van der Waals surface area (Å²) in [5, 5.41) is 0. The number of halogens is 2. The van der Waals surface area contributed by atoms with Gasteiger partial charge in [-0.1, -0.05) is 12.8 Å². The van der Waals surface area contributed by atoms with Gasteiger partial charge >= 0.3 is 130 Å². The van der Waals surface area contributed by atoms with Gasteiger partial charge in [0.2, 0.25) is 0 Å². The van der Waals surface area contributed by atoms with Crippen LogP contribution < -0.4 is 0 Å². The predicted octanol–water partition coefficient (Wildman–Crippen LogP) is 6.71. The standard InChI is InChI=1S/C17H16N2.C5H9I2N.Pt/c1-18-13-19(2)17(15-11-7-4-8-12-15)16(18)14-9-5-3-6-10-14;6-8(7)5-3-1-2-4-5;/h3-12H,1-2H3;5H,1-4H2;. The fourth-order valence-electron chi connectivity index (χ4n) is 3.67. The Morgan fingerprint density at radius 1 is 0.786 bits per heavy atom. The van der Waals surface area contributed by atoms with Crippen molar-refractivity contribution in [2.24, 2.45) is 14.1 Å². The minimum atomic E-state index is 0.871. The Hall–Kier alpha value is -0.242. The van der Waals surface area contributed by atoms with E-state index in [1.165, 1.54) is 52.0 Å². The number of hydrogen-bond donors (Lipinski definition) is 0. The fourth-order valence-corrected chi connectivity index (χ4v) is 5.29. The van der Waals surface area contributed by atoms with Crippen molar-refractivity contribution in [1.82, 2.24) is 10.5 Å². The Morgan fingerprint density at radius 2 is 1.18 bits per heavy atom. The molecule has 0 radical (unpaired) electrons. The molecule has 1 aliphatic carbocycles. The number of aromatic nitrogens is 2. The summed E-state index contributed by atoms with van der Waals surface area (Å²) in [6, 6.07) is 22.0. The van der Waals surface area contributed by atoms with E-state index in [1.807, 2.05) is 0 Å². The van der Waals surface area contributed by atoms with Gasteiger partial charge in [-0.05, 0) is 12.8 Å². The summed E-state index contributed by atoms with van der Waals surface area (Å²) in [6.45, 7) is 0. The van der Waals surface area contributed by atoms with Gasteiger partial charge in [-0.3, -0.25) is 0 Å². The fraction of sp³-hybridized carbons (Fsp3) is 0.318. The third-order valence-electron chi connectivity index (χ3n) is 5.10. The topological polar surface area (TPSA) is 13.1 Å².